The Morgan fingerprint density at radius 2 is 2.00 bits per heavy atom. The van der Waals surface area contributed by atoms with Crippen molar-refractivity contribution in [3.63, 3.8) is 0 Å². The summed E-state index contributed by atoms with van der Waals surface area (Å²) in [5, 5.41) is 4.29. The van der Waals surface area contributed by atoms with Gasteiger partial charge in [-0.15, -0.1) is 0 Å². The van der Waals surface area contributed by atoms with E-state index in [-0.39, 0.29) is 5.82 Å². The number of H-pyrrole nitrogens is 1. The largest absolute Gasteiger partial charge is 0.338 e. The average molecular weight is 292 g/mol. The van der Waals surface area contributed by atoms with Gasteiger partial charge in [0.15, 0.2) is 0 Å². The Bertz CT molecular complexity index is 968. The van der Waals surface area contributed by atoms with Crippen LogP contribution in [0.1, 0.15) is 5.56 Å². The van der Waals surface area contributed by atoms with E-state index in [0.717, 1.165) is 28.0 Å². The number of nitrogens with one attached hydrogen (secondary N) is 1. The molecule has 0 aliphatic heterocycles. The van der Waals surface area contributed by atoms with E-state index < -0.39 is 0 Å². The van der Waals surface area contributed by atoms with Gasteiger partial charge in [-0.1, -0.05) is 18.2 Å². The fourth-order valence-electron chi connectivity index (χ4n) is 2.52. The number of nitrogens with zero attached hydrogens (tertiary/aromatic N) is 3. The van der Waals surface area contributed by atoms with Crippen molar-refractivity contribution in [3.05, 3.63) is 66.2 Å². The first-order valence-electron chi connectivity index (χ1n) is 6.97. The molecule has 0 aliphatic carbocycles. The second kappa shape index (κ2) is 4.80. The van der Waals surface area contributed by atoms with E-state index >= 15 is 0 Å². The standard InChI is InChI=1S/C17H13FN4/c1-11-4-2-7-15-16(11)21-17(20-15)12-9-19-22(10-12)14-6-3-5-13(18)8-14/h2-10H,1H3,(H,20,21). The second-order valence-corrected chi connectivity index (χ2v) is 5.21. The molecule has 4 nitrogen and oxygen atoms in total. The number of benzene rings is 2. The zero-order valence-corrected chi connectivity index (χ0v) is 11.9. The average Bonchev–Trinajstić information content (AvgIpc) is 3.14. The topological polar surface area (TPSA) is 46.5 Å². The molecule has 1 N–H and O–H groups in total. The highest BCUT2D eigenvalue weighted by molar-refractivity contribution is 5.82. The highest BCUT2D eigenvalue weighted by atomic mass is 19.1. The molecule has 5 heteroatoms. The monoisotopic (exact) mass is 292 g/mol. The Morgan fingerprint density at radius 1 is 1.14 bits per heavy atom. The molecule has 4 aromatic rings. The lowest BCUT2D eigenvalue weighted by Crippen LogP contribution is -1.94. The predicted octanol–water partition coefficient (Wildman–Crippen LogP) is 3.86. The lowest BCUT2D eigenvalue weighted by Gasteiger charge is -1.99. The first kappa shape index (κ1) is 12.8. The molecule has 0 bridgehead atoms. The van der Waals surface area contributed by atoms with Gasteiger partial charge in [0.1, 0.15) is 11.6 Å². The number of para-hydroxylation sites is 1. The van der Waals surface area contributed by atoms with E-state index in [1.54, 1.807) is 16.9 Å². The number of imidazole rings is 1. The van der Waals surface area contributed by atoms with Gasteiger partial charge in [0, 0.05) is 6.20 Å². The number of halogens is 1. The molecule has 22 heavy (non-hydrogen) atoms. The maximum absolute atomic E-state index is 13.3. The minimum atomic E-state index is -0.283. The molecule has 0 radical (unpaired) electrons. The van der Waals surface area contributed by atoms with Gasteiger partial charge in [-0.05, 0) is 36.8 Å². The van der Waals surface area contributed by atoms with E-state index in [1.807, 2.05) is 37.4 Å². The number of aryl methyl sites for hydroxylation is 1. The first-order valence-corrected chi connectivity index (χ1v) is 6.97. The highest BCUT2D eigenvalue weighted by Crippen LogP contribution is 2.23. The fourth-order valence-corrected chi connectivity index (χ4v) is 2.52. The number of aromatic nitrogens is 4. The van der Waals surface area contributed by atoms with Crippen molar-refractivity contribution in [1.29, 1.82) is 0 Å². The summed E-state index contributed by atoms with van der Waals surface area (Å²) in [5.74, 6) is 0.473. The zero-order chi connectivity index (χ0) is 15.1. The third kappa shape index (κ3) is 2.07. The lowest BCUT2D eigenvalue weighted by molar-refractivity contribution is 0.625. The summed E-state index contributed by atoms with van der Waals surface area (Å²) >= 11 is 0. The van der Waals surface area contributed by atoms with Crippen LogP contribution in [0.2, 0.25) is 0 Å². The van der Waals surface area contributed by atoms with E-state index in [0.29, 0.717) is 5.69 Å². The minimum Gasteiger partial charge on any atom is -0.338 e. The van der Waals surface area contributed by atoms with Crippen LogP contribution in [0.25, 0.3) is 28.1 Å². The predicted molar refractivity (Wildman–Crippen MR) is 83.3 cm³/mol. The number of hydrogen-bond donors (Lipinski definition) is 1. The second-order valence-electron chi connectivity index (χ2n) is 5.21. The summed E-state index contributed by atoms with van der Waals surface area (Å²) in [6.45, 7) is 2.04. The Morgan fingerprint density at radius 3 is 2.82 bits per heavy atom. The van der Waals surface area contributed by atoms with Gasteiger partial charge in [0.05, 0.1) is 28.5 Å². The van der Waals surface area contributed by atoms with Gasteiger partial charge in [0.2, 0.25) is 0 Å². The van der Waals surface area contributed by atoms with Crippen molar-refractivity contribution in [2.45, 2.75) is 6.92 Å². The van der Waals surface area contributed by atoms with Crippen molar-refractivity contribution in [1.82, 2.24) is 19.7 Å². The summed E-state index contributed by atoms with van der Waals surface area (Å²) in [6, 6.07) is 12.3. The molecular weight excluding hydrogens is 279 g/mol. The summed E-state index contributed by atoms with van der Waals surface area (Å²) in [7, 11) is 0. The Hall–Kier alpha value is -2.95. The van der Waals surface area contributed by atoms with Crippen molar-refractivity contribution < 1.29 is 4.39 Å². The van der Waals surface area contributed by atoms with Crippen LogP contribution in [-0.4, -0.2) is 19.7 Å². The van der Waals surface area contributed by atoms with Gasteiger partial charge < -0.3 is 4.98 Å². The van der Waals surface area contributed by atoms with E-state index in [9.17, 15) is 4.39 Å². The number of aromatic amines is 1. The number of hydrogen-bond acceptors (Lipinski definition) is 2. The van der Waals surface area contributed by atoms with Gasteiger partial charge in [-0.3, -0.25) is 0 Å². The third-order valence-corrected chi connectivity index (χ3v) is 3.66. The molecule has 0 saturated carbocycles. The van der Waals surface area contributed by atoms with Crippen molar-refractivity contribution in [2.24, 2.45) is 0 Å². The molecule has 2 aromatic carbocycles. The van der Waals surface area contributed by atoms with Gasteiger partial charge in [-0.25, -0.2) is 14.1 Å². The van der Waals surface area contributed by atoms with Crippen LogP contribution in [-0.2, 0) is 0 Å². The van der Waals surface area contributed by atoms with Crippen LogP contribution in [0.5, 0.6) is 0 Å². The fraction of sp³-hybridized carbons (Fsp3) is 0.0588. The van der Waals surface area contributed by atoms with E-state index in [1.165, 1.54) is 12.1 Å². The van der Waals surface area contributed by atoms with Crippen LogP contribution in [0.3, 0.4) is 0 Å². The summed E-state index contributed by atoms with van der Waals surface area (Å²) < 4.78 is 14.9. The summed E-state index contributed by atoms with van der Waals surface area (Å²) in [4.78, 5) is 7.90. The van der Waals surface area contributed by atoms with Crippen LogP contribution in [0, 0.1) is 12.7 Å². The van der Waals surface area contributed by atoms with Gasteiger partial charge >= 0.3 is 0 Å². The van der Waals surface area contributed by atoms with Crippen LogP contribution < -0.4 is 0 Å². The normalized spacial score (nSPS) is 11.2. The van der Waals surface area contributed by atoms with Crippen LogP contribution in [0.4, 0.5) is 4.39 Å². The van der Waals surface area contributed by atoms with E-state index in [2.05, 4.69) is 15.1 Å². The Balaban J connectivity index is 1.78. The molecule has 0 atom stereocenters. The highest BCUT2D eigenvalue weighted by Gasteiger charge is 2.09. The molecule has 2 heterocycles. The molecule has 4 rings (SSSR count). The van der Waals surface area contributed by atoms with Crippen LogP contribution in [0.15, 0.2) is 54.9 Å². The minimum absolute atomic E-state index is 0.283. The maximum Gasteiger partial charge on any atom is 0.141 e. The smallest absolute Gasteiger partial charge is 0.141 e. The van der Waals surface area contributed by atoms with Gasteiger partial charge in [0.25, 0.3) is 0 Å². The zero-order valence-electron chi connectivity index (χ0n) is 11.9. The van der Waals surface area contributed by atoms with Gasteiger partial charge in [-0.2, -0.15) is 5.10 Å². The number of rotatable bonds is 2. The Labute approximate surface area is 126 Å². The molecule has 2 aromatic heterocycles. The van der Waals surface area contributed by atoms with Crippen molar-refractivity contribution in [3.8, 4) is 17.1 Å². The SMILES string of the molecule is Cc1cccc2nc(-c3cnn(-c4cccc(F)c4)c3)[nH]c12. The third-order valence-electron chi connectivity index (χ3n) is 3.66. The molecule has 0 aliphatic rings. The molecule has 0 amide bonds. The molecule has 0 spiro atoms. The molecule has 0 unspecified atom stereocenters. The molecule has 0 fully saturated rings. The summed E-state index contributed by atoms with van der Waals surface area (Å²) in [6.07, 6.45) is 3.56. The first-order chi connectivity index (χ1) is 10.7. The maximum atomic E-state index is 13.3. The lowest BCUT2D eigenvalue weighted by atomic mass is 10.2. The summed E-state index contributed by atoms with van der Waals surface area (Å²) in [5.41, 5.74) is 4.64. The van der Waals surface area contributed by atoms with Crippen LogP contribution >= 0.6 is 0 Å². The van der Waals surface area contributed by atoms with E-state index in [4.69, 9.17) is 0 Å². The quantitative estimate of drug-likeness (QED) is 0.609. The molecule has 0 saturated heterocycles. The molecule has 108 valence electrons. The number of fused-ring (bicyclic) bond motifs is 1. The van der Waals surface area contributed by atoms with Crippen molar-refractivity contribution >= 4 is 11.0 Å². The Kier molecular flexibility index (Phi) is 2.79. The van der Waals surface area contributed by atoms with Crippen molar-refractivity contribution in [2.75, 3.05) is 0 Å². The molecular formula is C17H13FN4.